The number of hydrogen-bond donors (Lipinski definition) is 5. The van der Waals surface area contributed by atoms with Crippen molar-refractivity contribution >= 4 is 39.6 Å². The summed E-state index contributed by atoms with van der Waals surface area (Å²) in [6, 6.07) is 22.1. The van der Waals surface area contributed by atoms with Crippen molar-refractivity contribution in [2.45, 2.75) is 57.8 Å². The number of rotatable bonds is 13. The van der Waals surface area contributed by atoms with Gasteiger partial charge in [0.15, 0.2) is 0 Å². The number of H-pyrrole nitrogens is 2. The van der Waals surface area contributed by atoms with Gasteiger partial charge in [0.1, 0.15) is 18.7 Å². The van der Waals surface area contributed by atoms with Gasteiger partial charge in [0, 0.05) is 47.0 Å². The third-order valence-corrected chi connectivity index (χ3v) is 8.22. The Hall–Kier alpha value is -4.89. The van der Waals surface area contributed by atoms with Crippen molar-refractivity contribution in [3.05, 3.63) is 108 Å². The normalized spacial score (nSPS) is 14.1. The van der Waals surface area contributed by atoms with Crippen LogP contribution in [0.25, 0.3) is 21.8 Å². The number of fused-ring (bicyclic) bond motifs is 2. The zero-order chi connectivity index (χ0) is 31.1. The first kappa shape index (κ1) is 30.6. The Bertz CT molecular complexity index is 1730. The van der Waals surface area contributed by atoms with Gasteiger partial charge in [-0.3, -0.25) is 9.59 Å². The molecule has 0 radical (unpaired) electrons. The van der Waals surface area contributed by atoms with Crippen LogP contribution in [0.5, 0.6) is 0 Å². The van der Waals surface area contributed by atoms with Crippen molar-refractivity contribution in [2.75, 3.05) is 0 Å². The number of nitrogens with one attached hydrogen (secondary N) is 4. The summed E-state index contributed by atoms with van der Waals surface area (Å²) in [4.78, 5) is 47.2. The molecule has 2 amide bonds. The molecule has 0 fully saturated rings. The van der Waals surface area contributed by atoms with Crippen LogP contribution in [0.15, 0.2) is 91.3 Å². The average Bonchev–Trinajstić information content (AvgIpc) is 3.66. The van der Waals surface area contributed by atoms with E-state index in [9.17, 15) is 14.4 Å². The molecule has 0 spiro atoms. The first-order valence-corrected chi connectivity index (χ1v) is 15.0. The highest BCUT2D eigenvalue weighted by molar-refractivity contribution is 5.93. The number of aromatic amines is 2. The highest BCUT2D eigenvalue weighted by Gasteiger charge is 2.31. The van der Waals surface area contributed by atoms with Crippen LogP contribution in [-0.4, -0.2) is 45.9 Å². The van der Waals surface area contributed by atoms with Gasteiger partial charge in [-0.15, -0.1) is 0 Å². The predicted octanol–water partition coefficient (Wildman–Crippen LogP) is 4.52. The number of esters is 1. The molecule has 2 aromatic heterocycles. The number of carbonyl (C=O) groups is 3. The summed E-state index contributed by atoms with van der Waals surface area (Å²) in [5.74, 6) is -1.56. The maximum absolute atomic E-state index is 14.0. The third-order valence-electron chi connectivity index (χ3n) is 8.22. The second-order valence-corrected chi connectivity index (χ2v) is 11.3. The lowest BCUT2D eigenvalue weighted by Crippen LogP contribution is -2.56. The molecule has 228 valence electrons. The van der Waals surface area contributed by atoms with E-state index in [1.807, 2.05) is 105 Å². The number of carbonyl (C=O) groups excluding carboxylic acids is 3. The van der Waals surface area contributed by atoms with E-state index in [4.69, 9.17) is 10.5 Å². The van der Waals surface area contributed by atoms with Crippen molar-refractivity contribution in [3.63, 3.8) is 0 Å². The van der Waals surface area contributed by atoms with Crippen LogP contribution in [0.1, 0.15) is 37.0 Å². The van der Waals surface area contributed by atoms with Crippen LogP contribution in [0, 0.1) is 5.92 Å². The Morgan fingerprint density at radius 1 is 0.750 bits per heavy atom. The van der Waals surface area contributed by atoms with E-state index in [0.29, 0.717) is 6.42 Å². The third kappa shape index (κ3) is 7.18. The molecule has 5 rings (SSSR count). The Morgan fingerprint density at radius 3 is 1.86 bits per heavy atom. The first-order chi connectivity index (χ1) is 21.3. The van der Waals surface area contributed by atoms with E-state index >= 15 is 0 Å². The highest BCUT2D eigenvalue weighted by Crippen LogP contribution is 2.21. The lowest BCUT2D eigenvalue weighted by Gasteiger charge is -2.25. The predicted molar refractivity (Wildman–Crippen MR) is 172 cm³/mol. The zero-order valence-corrected chi connectivity index (χ0v) is 25.0. The maximum Gasteiger partial charge on any atom is 0.329 e. The van der Waals surface area contributed by atoms with Crippen molar-refractivity contribution in [3.8, 4) is 0 Å². The van der Waals surface area contributed by atoms with Crippen molar-refractivity contribution < 1.29 is 19.1 Å². The van der Waals surface area contributed by atoms with Gasteiger partial charge in [0.25, 0.3) is 0 Å². The van der Waals surface area contributed by atoms with Gasteiger partial charge in [0.2, 0.25) is 11.8 Å². The molecule has 3 aromatic carbocycles. The van der Waals surface area contributed by atoms with Crippen LogP contribution < -0.4 is 16.4 Å². The van der Waals surface area contributed by atoms with E-state index in [-0.39, 0.29) is 25.4 Å². The van der Waals surface area contributed by atoms with Gasteiger partial charge in [-0.2, -0.15) is 0 Å². The summed E-state index contributed by atoms with van der Waals surface area (Å²) in [5.41, 5.74) is 10.6. The summed E-state index contributed by atoms with van der Waals surface area (Å²) >= 11 is 0. The second-order valence-electron chi connectivity index (χ2n) is 11.3. The molecule has 5 aromatic rings. The molecule has 0 aliphatic carbocycles. The van der Waals surface area contributed by atoms with E-state index in [0.717, 1.165) is 38.5 Å². The Balaban J connectivity index is 1.41. The number of nitrogens with two attached hydrogens (primary N) is 1. The van der Waals surface area contributed by atoms with Gasteiger partial charge in [0.05, 0.1) is 6.04 Å². The van der Waals surface area contributed by atoms with E-state index in [1.54, 1.807) is 0 Å². The number of para-hydroxylation sites is 2. The molecule has 0 aliphatic heterocycles. The summed E-state index contributed by atoms with van der Waals surface area (Å²) in [6.07, 6.45) is 4.79. The fourth-order valence-corrected chi connectivity index (χ4v) is 5.33. The minimum Gasteiger partial charge on any atom is -0.459 e. The Labute approximate surface area is 256 Å². The largest absolute Gasteiger partial charge is 0.459 e. The molecule has 2 heterocycles. The molecule has 0 bridgehead atoms. The van der Waals surface area contributed by atoms with E-state index in [1.165, 1.54) is 0 Å². The SMILES string of the molecule is CC[C@H](C)[C@H](N)C(=O)N[C@@H](Cc1c[nH]c2ccccc12)C(=O)N[C@@H](Cc1c[nH]c2ccccc12)C(=O)OCc1ccccc1. The quantitative estimate of drug-likeness (QED) is 0.128. The van der Waals surface area contributed by atoms with Gasteiger partial charge in [-0.05, 0) is 34.7 Å². The smallest absolute Gasteiger partial charge is 0.329 e. The van der Waals surface area contributed by atoms with Crippen LogP contribution in [0.3, 0.4) is 0 Å². The average molecular weight is 594 g/mol. The van der Waals surface area contributed by atoms with Gasteiger partial charge < -0.3 is 31.1 Å². The monoisotopic (exact) mass is 593 g/mol. The summed E-state index contributed by atoms with van der Waals surface area (Å²) in [5, 5.41) is 7.69. The standard InChI is InChI=1S/C35H39N5O4/c1-3-22(2)32(36)34(42)39-30(17-24-19-37-28-15-9-7-13-26(24)28)33(41)40-31(35(43)44-21-23-11-5-4-6-12-23)18-25-20-38-29-16-10-8-14-27(25)29/h4-16,19-20,22,30-32,37-38H,3,17-18,21,36H2,1-2H3,(H,39,42)(H,40,41)/t22-,30-,31-,32-/m0/s1. The van der Waals surface area contributed by atoms with Crippen molar-refractivity contribution in [2.24, 2.45) is 11.7 Å². The molecular weight excluding hydrogens is 554 g/mol. The fraction of sp³-hybridized carbons (Fsp3) is 0.286. The molecule has 0 saturated carbocycles. The van der Waals surface area contributed by atoms with Crippen LogP contribution in [0.2, 0.25) is 0 Å². The van der Waals surface area contributed by atoms with Crippen LogP contribution in [-0.2, 0) is 38.6 Å². The molecule has 4 atom stereocenters. The first-order valence-electron chi connectivity index (χ1n) is 15.0. The number of hydrogen-bond acceptors (Lipinski definition) is 5. The lowest BCUT2D eigenvalue weighted by molar-refractivity contribution is -0.149. The lowest BCUT2D eigenvalue weighted by atomic mass is 9.98. The molecule has 0 unspecified atom stereocenters. The second kappa shape index (κ2) is 14.1. The fourth-order valence-electron chi connectivity index (χ4n) is 5.33. The molecule has 44 heavy (non-hydrogen) atoms. The van der Waals surface area contributed by atoms with Gasteiger partial charge in [-0.25, -0.2) is 4.79 Å². The Kier molecular flexibility index (Phi) is 9.76. The van der Waals surface area contributed by atoms with E-state index in [2.05, 4.69) is 20.6 Å². The summed E-state index contributed by atoms with van der Waals surface area (Å²) < 4.78 is 5.68. The number of benzene rings is 3. The van der Waals surface area contributed by atoms with Crippen molar-refractivity contribution in [1.82, 2.24) is 20.6 Å². The molecule has 9 nitrogen and oxygen atoms in total. The minimum atomic E-state index is -1.00. The molecule has 6 N–H and O–H groups in total. The zero-order valence-electron chi connectivity index (χ0n) is 25.0. The van der Waals surface area contributed by atoms with Crippen molar-refractivity contribution in [1.29, 1.82) is 0 Å². The Morgan fingerprint density at radius 2 is 1.27 bits per heavy atom. The van der Waals surface area contributed by atoms with Gasteiger partial charge >= 0.3 is 5.97 Å². The molecule has 0 saturated heterocycles. The molecule has 9 heteroatoms. The topological polar surface area (TPSA) is 142 Å². The van der Waals surface area contributed by atoms with E-state index < -0.39 is 35.9 Å². The number of aromatic nitrogens is 2. The maximum atomic E-state index is 14.0. The van der Waals surface area contributed by atoms with Crippen LogP contribution >= 0.6 is 0 Å². The van der Waals surface area contributed by atoms with Gasteiger partial charge in [-0.1, -0.05) is 87.0 Å². The summed E-state index contributed by atoms with van der Waals surface area (Å²) in [7, 11) is 0. The summed E-state index contributed by atoms with van der Waals surface area (Å²) in [6.45, 7) is 3.93. The minimum absolute atomic E-state index is 0.0686. The molecular formula is C35H39N5O4. The highest BCUT2D eigenvalue weighted by atomic mass is 16.5. The molecule has 0 aliphatic rings. The van der Waals surface area contributed by atoms with Crippen LogP contribution in [0.4, 0.5) is 0 Å². The number of ether oxygens (including phenoxy) is 1. The number of amides is 2.